The third kappa shape index (κ3) is 2.70. The maximum atomic E-state index is 12.8. The molecule has 0 saturated carbocycles. The number of allylic oxidation sites excluding steroid dienone is 1. The molecular formula is C20H20N2O. The quantitative estimate of drug-likeness (QED) is 0.822. The second-order valence-corrected chi connectivity index (χ2v) is 5.95. The maximum Gasteiger partial charge on any atom is 0.255 e. The molecule has 1 amide bonds. The van der Waals surface area contributed by atoms with Gasteiger partial charge in [-0.3, -0.25) is 14.7 Å². The van der Waals surface area contributed by atoms with Crippen LogP contribution in [0.4, 0.5) is 5.69 Å². The summed E-state index contributed by atoms with van der Waals surface area (Å²) < 4.78 is 0. The van der Waals surface area contributed by atoms with Gasteiger partial charge < -0.3 is 0 Å². The number of hydrogen-bond acceptors (Lipinski definition) is 2. The normalized spacial score (nSPS) is 17.3. The lowest BCUT2D eigenvalue weighted by Gasteiger charge is -2.24. The van der Waals surface area contributed by atoms with Gasteiger partial charge in [-0.15, -0.1) is 0 Å². The lowest BCUT2D eigenvalue weighted by molar-refractivity contribution is -0.118. The van der Waals surface area contributed by atoms with Gasteiger partial charge in [-0.2, -0.15) is 0 Å². The van der Waals surface area contributed by atoms with Gasteiger partial charge in [-0.1, -0.05) is 48.5 Å². The molecule has 0 aliphatic carbocycles. The highest BCUT2D eigenvalue weighted by atomic mass is 16.2. The van der Waals surface area contributed by atoms with Crippen LogP contribution in [0.5, 0.6) is 0 Å². The van der Waals surface area contributed by atoms with Crippen LogP contribution in [0.1, 0.15) is 30.5 Å². The average molecular weight is 304 g/mol. The van der Waals surface area contributed by atoms with Crippen LogP contribution in [0, 0.1) is 6.92 Å². The molecule has 1 aliphatic rings. The van der Waals surface area contributed by atoms with Gasteiger partial charge in [0.15, 0.2) is 0 Å². The number of benzodiazepines with no additional fused rings is 1. The van der Waals surface area contributed by atoms with Gasteiger partial charge in [-0.05, 0) is 32.9 Å². The molecule has 2 aromatic carbocycles. The Hall–Kier alpha value is -2.68. The summed E-state index contributed by atoms with van der Waals surface area (Å²) in [5.41, 5.74) is 5.53. The van der Waals surface area contributed by atoms with Crippen LogP contribution >= 0.6 is 0 Å². The van der Waals surface area contributed by atoms with Gasteiger partial charge in [0, 0.05) is 16.8 Å². The van der Waals surface area contributed by atoms with E-state index in [0.717, 1.165) is 28.1 Å². The van der Waals surface area contributed by atoms with E-state index in [-0.39, 0.29) is 5.91 Å². The van der Waals surface area contributed by atoms with Crippen molar-refractivity contribution >= 4 is 17.3 Å². The number of hydrogen-bond donors (Lipinski definition) is 0. The highest BCUT2D eigenvalue weighted by Gasteiger charge is 2.30. The van der Waals surface area contributed by atoms with Crippen molar-refractivity contribution in [3.05, 3.63) is 77.5 Å². The monoisotopic (exact) mass is 304 g/mol. The molecular weight excluding hydrogens is 284 g/mol. The van der Waals surface area contributed by atoms with Crippen LogP contribution in [0.3, 0.4) is 0 Å². The van der Waals surface area contributed by atoms with Crippen molar-refractivity contribution in [2.45, 2.75) is 26.8 Å². The third-order valence-electron chi connectivity index (χ3n) is 3.98. The number of carbonyl (C=O) groups is 1. The van der Waals surface area contributed by atoms with Gasteiger partial charge in [0.1, 0.15) is 6.04 Å². The lowest BCUT2D eigenvalue weighted by atomic mass is 9.98. The fraction of sp³-hybridized carbons (Fsp3) is 0.200. The van der Waals surface area contributed by atoms with E-state index < -0.39 is 6.04 Å². The topological polar surface area (TPSA) is 32.7 Å². The van der Waals surface area contributed by atoms with E-state index in [0.29, 0.717) is 5.70 Å². The summed E-state index contributed by atoms with van der Waals surface area (Å²) >= 11 is 0. The Bertz CT molecular complexity index is 806. The Morgan fingerprint density at radius 1 is 1.17 bits per heavy atom. The highest BCUT2D eigenvalue weighted by Crippen LogP contribution is 2.31. The molecule has 2 aromatic rings. The molecule has 1 atom stereocenters. The summed E-state index contributed by atoms with van der Waals surface area (Å²) in [6.45, 7) is 9.71. The van der Waals surface area contributed by atoms with Crippen LogP contribution in [0.15, 0.2) is 65.8 Å². The molecule has 116 valence electrons. The molecule has 0 spiro atoms. The Morgan fingerprint density at radius 3 is 2.52 bits per heavy atom. The van der Waals surface area contributed by atoms with Crippen LogP contribution in [0.2, 0.25) is 0 Å². The highest BCUT2D eigenvalue weighted by molar-refractivity contribution is 6.20. The molecule has 0 fully saturated rings. The van der Waals surface area contributed by atoms with Gasteiger partial charge in [-0.25, -0.2) is 0 Å². The van der Waals surface area contributed by atoms with E-state index in [1.165, 1.54) is 0 Å². The Morgan fingerprint density at radius 2 is 1.87 bits per heavy atom. The predicted octanol–water partition coefficient (Wildman–Crippen LogP) is 4.10. The fourth-order valence-corrected chi connectivity index (χ4v) is 2.88. The largest absolute Gasteiger partial charge is 0.283 e. The number of carbonyl (C=O) groups excluding carboxylic acids is 1. The molecule has 3 rings (SSSR count). The first kappa shape index (κ1) is 15.2. The number of aryl methyl sites for hydroxylation is 1. The fourth-order valence-electron chi connectivity index (χ4n) is 2.88. The van der Waals surface area contributed by atoms with Gasteiger partial charge in [0.2, 0.25) is 0 Å². The molecule has 1 unspecified atom stereocenters. The van der Waals surface area contributed by atoms with Gasteiger partial charge in [0.05, 0.1) is 11.4 Å². The zero-order valence-electron chi connectivity index (χ0n) is 13.7. The first-order chi connectivity index (χ1) is 11.0. The lowest BCUT2D eigenvalue weighted by Crippen LogP contribution is -2.34. The van der Waals surface area contributed by atoms with E-state index >= 15 is 0 Å². The minimum Gasteiger partial charge on any atom is -0.283 e. The van der Waals surface area contributed by atoms with Crippen molar-refractivity contribution in [2.75, 3.05) is 4.90 Å². The SMILES string of the molecule is C=C(C)N1C(=O)C(C)N=C(c2ccccc2)c2cc(C)ccc21. The standard InChI is InChI=1S/C20H20N2O/c1-13(2)22-18-11-10-14(3)12-17(18)19(21-15(4)20(22)23)16-8-6-5-7-9-16/h5-12,15H,1H2,2-4H3. The van der Waals surface area contributed by atoms with Crippen molar-refractivity contribution in [2.24, 2.45) is 4.99 Å². The molecule has 0 bridgehead atoms. The van der Waals surface area contributed by atoms with Crippen LogP contribution in [-0.2, 0) is 4.79 Å². The molecule has 1 heterocycles. The van der Waals surface area contributed by atoms with Crippen LogP contribution < -0.4 is 4.90 Å². The number of amides is 1. The summed E-state index contributed by atoms with van der Waals surface area (Å²) in [5, 5.41) is 0. The minimum absolute atomic E-state index is 0.0477. The number of benzene rings is 2. The summed E-state index contributed by atoms with van der Waals surface area (Å²) in [7, 11) is 0. The van der Waals surface area contributed by atoms with E-state index in [4.69, 9.17) is 4.99 Å². The summed E-state index contributed by atoms with van der Waals surface area (Å²) in [4.78, 5) is 19.2. The molecule has 3 nitrogen and oxygen atoms in total. The molecule has 1 aliphatic heterocycles. The van der Waals surface area contributed by atoms with Crippen LogP contribution in [0.25, 0.3) is 0 Å². The molecule has 0 radical (unpaired) electrons. The van der Waals surface area contributed by atoms with E-state index in [2.05, 4.69) is 12.6 Å². The van der Waals surface area contributed by atoms with E-state index in [9.17, 15) is 4.79 Å². The molecule has 0 saturated heterocycles. The van der Waals surface area contributed by atoms with Crippen molar-refractivity contribution in [3.8, 4) is 0 Å². The Labute approximate surface area is 137 Å². The third-order valence-corrected chi connectivity index (χ3v) is 3.98. The van der Waals surface area contributed by atoms with Gasteiger partial charge in [0.25, 0.3) is 5.91 Å². The average Bonchev–Trinajstić information content (AvgIpc) is 2.64. The first-order valence-electron chi connectivity index (χ1n) is 7.73. The number of aliphatic imine (C=N–C) groups is 1. The maximum absolute atomic E-state index is 12.8. The summed E-state index contributed by atoms with van der Waals surface area (Å²) in [5.74, 6) is -0.0477. The zero-order valence-corrected chi connectivity index (χ0v) is 13.7. The molecule has 3 heteroatoms. The van der Waals surface area contributed by atoms with Crippen molar-refractivity contribution in [1.82, 2.24) is 0 Å². The predicted molar refractivity (Wildman–Crippen MR) is 95.0 cm³/mol. The summed E-state index contributed by atoms with van der Waals surface area (Å²) in [6.07, 6.45) is 0. The molecule has 23 heavy (non-hydrogen) atoms. The minimum atomic E-state index is -0.449. The Kier molecular flexibility index (Phi) is 3.87. The molecule has 0 N–H and O–H groups in total. The van der Waals surface area contributed by atoms with Crippen molar-refractivity contribution in [3.63, 3.8) is 0 Å². The zero-order chi connectivity index (χ0) is 16.6. The second-order valence-electron chi connectivity index (χ2n) is 5.95. The summed E-state index contributed by atoms with van der Waals surface area (Å²) in [6, 6.07) is 15.6. The first-order valence-corrected chi connectivity index (χ1v) is 7.73. The Balaban J connectivity index is 2.30. The van der Waals surface area contributed by atoms with E-state index in [1.807, 2.05) is 63.2 Å². The number of rotatable bonds is 2. The van der Waals surface area contributed by atoms with Crippen LogP contribution in [-0.4, -0.2) is 17.7 Å². The number of nitrogens with zero attached hydrogens (tertiary/aromatic N) is 2. The molecule has 0 aromatic heterocycles. The smallest absolute Gasteiger partial charge is 0.255 e. The van der Waals surface area contributed by atoms with E-state index in [1.54, 1.807) is 4.90 Å². The van der Waals surface area contributed by atoms with Crippen molar-refractivity contribution < 1.29 is 4.79 Å². The number of anilines is 1. The number of fused-ring (bicyclic) bond motifs is 1. The van der Waals surface area contributed by atoms with Crippen molar-refractivity contribution in [1.29, 1.82) is 0 Å². The second kappa shape index (κ2) is 5.84. The van der Waals surface area contributed by atoms with Gasteiger partial charge >= 0.3 is 0 Å².